The summed E-state index contributed by atoms with van der Waals surface area (Å²) in [5.41, 5.74) is 0. The molecule has 0 unspecified atom stereocenters. The molecule has 1 rings (SSSR count). The second-order valence-electron chi connectivity index (χ2n) is 3.52. The third-order valence-electron chi connectivity index (χ3n) is 1.62. The van der Waals surface area contributed by atoms with Crippen molar-refractivity contribution in [3.63, 3.8) is 0 Å². The summed E-state index contributed by atoms with van der Waals surface area (Å²) in [7, 11) is 0. The van der Waals surface area contributed by atoms with Crippen molar-refractivity contribution in [2.75, 3.05) is 0 Å². The van der Waals surface area contributed by atoms with Crippen LogP contribution in [-0.4, -0.2) is 0 Å². The molecule has 18 heavy (non-hydrogen) atoms. The minimum Gasteiger partial charge on any atom is -0.343 e. The Morgan fingerprint density at radius 2 is 0.833 bits per heavy atom. The van der Waals surface area contributed by atoms with Gasteiger partial charge in [0.15, 0.2) is 0 Å². The van der Waals surface area contributed by atoms with E-state index in [0.717, 1.165) is 19.3 Å². The van der Waals surface area contributed by atoms with E-state index in [1.165, 1.54) is 19.3 Å². The van der Waals surface area contributed by atoms with Gasteiger partial charge in [0.1, 0.15) is 0 Å². The van der Waals surface area contributed by atoms with Crippen molar-refractivity contribution in [2.45, 2.75) is 59.3 Å². The predicted octanol–water partition coefficient (Wildman–Crippen LogP) is 6.18. The van der Waals surface area contributed by atoms with Crippen LogP contribution in [0.25, 0.3) is 0 Å². The Balaban J connectivity index is -0.0000000719. The Labute approximate surface area is 136 Å². The molecule has 0 nitrogen and oxygen atoms in total. The van der Waals surface area contributed by atoms with E-state index >= 15 is 0 Å². The van der Waals surface area contributed by atoms with Gasteiger partial charge in [-0.3, -0.25) is 0 Å². The van der Waals surface area contributed by atoms with Gasteiger partial charge in [-0.15, -0.1) is 0 Å². The molecule has 0 N–H and O–H groups in total. The van der Waals surface area contributed by atoms with Crippen molar-refractivity contribution in [1.29, 1.82) is 0 Å². The normalized spacial score (nSPS) is 9.89. The molecule has 1 aliphatic rings. The summed E-state index contributed by atoms with van der Waals surface area (Å²) in [6.45, 7) is 17.2. The summed E-state index contributed by atoms with van der Waals surface area (Å²) in [6.07, 6.45) is 16.8. The van der Waals surface area contributed by atoms with Crippen LogP contribution >= 0.6 is 0 Å². The molecule has 0 spiro atoms. The van der Waals surface area contributed by atoms with E-state index < -0.39 is 0 Å². The summed E-state index contributed by atoms with van der Waals surface area (Å²) in [5.74, 6) is 0. The Morgan fingerprint density at radius 1 is 0.611 bits per heavy atom. The topological polar surface area (TPSA) is 0 Å². The first kappa shape index (κ1) is 26.8. The number of hydrogen-bond acceptors (Lipinski definition) is 0. The van der Waals surface area contributed by atoms with Crippen molar-refractivity contribution in [1.82, 2.24) is 0 Å². The summed E-state index contributed by atoms with van der Waals surface area (Å²) in [4.78, 5) is 0. The van der Waals surface area contributed by atoms with E-state index in [1.807, 2.05) is 30.7 Å². The van der Waals surface area contributed by atoms with Gasteiger partial charge >= 0.3 is 26.2 Å². The first-order valence-corrected chi connectivity index (χ1v) is 6.79. The Kier molecular flexibility index (Phi) is 53.7. The molecule has 0 fully saturated rings. The van der Waals surface area contributed by atoms with E-state index in [2.05, 4.69) is 41.5 Å². The quantitative estimate of drug-likeness (QED) is 0.543. The van der Waals surface area contributed by atoms with Gasteiger partial charge in [-0.1, -0.05) is 64.3 Å². The minimum absolute atomic E-state index is 0. The second-order valence-corrected chi connectivity index (χ2v) is 3.52. The fourth-order valence-corrected chi connectivity index (χ4v) is 0.321. The first-order valence-electron chi connectivity index (χ1n) is 6.79. The van der Waals surface area contributed by atoms with Crippen LogP contribution in [-0.2, 0) is 26.2 Å². The molecular formula is C17H32Zr. The molecular weight excluding hydrogens is 295 g/mol. The average Bonchev–Trinajstić information content (AvgIpc) is 2.98. The van der Waals surface area contributed by atoms with Crippen molar-refractivity contribution in [3.8, 4) is 0 Å². The number of unbranched alkanes of at least 4 members (excludes halogenated alkanes) is 3. The second kappa shape index (κ2) is 36.0. The zero-order chi connectivity index (χ0) is 13.8. The summed E-state index contributed by atoms with van der Waals surface area (Å²) in [5, 5.41) is 0. The molecule has 0 saturated carbocycles. The van der Waals surface area contributed by atoms with Gasteiger partial charge in [-0.2, -0.15) is 19.3 Å². The maximum atomic E-state index is 3.60. The molecule has 1 aliphatic carbocycles. The molecule has 0 amide bonds. The van der Waals surface area contributed by atoms with Crippen molar-refractivity contribution < 1.29 is 26.2 Å². The third-order valence-corrected chi connectivity index (χ3v) is 1.62. The van der Waals surface area contributed by atoms with Crippen LogP contribution in [0.1, 0.15) is 59.3 Å². The van der Waals surface area contributed by atoms with E-state index in [4.69, 9.17) is 0 Å². The summed E-state index contributed by atoms with van der Waals surface area (Å²) in [6, 6.07) is 0. The van der Waals surface area contributed by atoms with Gasteiger partial charge < -0.3 is 20.8 Å². The Morgan fingerprint density at radius 3 is 0.889 bits per heavy atom. The molecule has 1 heteroatoms. The van der Waals surface area contributed by atoms with E-state index in [9.17, 15) is 0 Å². The molecule has 0 atom stereocenters. The molecule has 0 heterocycles. The minimum atomic E-state index is 0. The van der Waals surface area contributed by atoms with Gasteiger partial charge in [0.05, 0.1) is 0 Å². The van der Waals surface area contributed by atoms with E-state index in [0.29, 0.717) is 0 Å². The van der Waals surface area contributed by atoms with Gasteiger partial charge in [0, 0.05) is 6.42 Å². The summed E-state index contributed by atoms with van der Waals surface area (Å²) >= 11 is 0. The van der Waals surface area contributed by atoms with E-state index in [-0.39, 0.29) is 26.2 Å². The number of allylic oxidation sites excluding steroid dienone is 4. The Hall–Kier alpha value is 0.363. The van der Waals surface area contributed by atoms with Crippen molar-refractivity contribution in [3.05, 3.63) is 51.5 Å². The molecule has 0 aromatic carbocycles. The molecule has 0 aromatic rings. The molecule has 0 aliphatic heterocycles. The monoisotopic (exact) mass is 326 g/mol. The van der Waals surface area contributed by atoms with Crippen molar-refractivity contribution in [2.24, 2.45) is 0 Å². The maximum Gasteiger partial charge on any atom is 3.00 e. The number of hydrogen-bond donors (Lipinski definition) is 0. The average molecular weight is 328 g/mol. The molecule has 2 radical (unpaired) electrons. The molecule has 104 valence electrons. The van der Waals surface area contributed by atoms with Crippen LogP contribution in [0, 0.1) is 27.2 Å². The van der Waals surface area contributed by atoms with Gasteiger partial charge in [-0.05, 0) is 0 Å². The van der Waals surface area contributed by atoms with Crippen LogP contribution in [0.3, 0.4) is 0 Å². The first-order chi connectivity index (χ1) is 8.24. The van der Waals surface area contributed by atoms with Crippen LogP contribution < -0.4 is 0 Å². The molecule has 0 aromatic heterocycles. The van der Waals surface area contributed by atoms with Gasteiger partial charge in [0.25, 0.3) is 0 Å². The molecule has 0 saturated heterocycles. The maximum absolute atomic E-state index is 3.60. The summed E-state index contributed by atoms with van der Waals surface area (Å²) < 4.78 is 0. The zero-order valence-electron chi connectivity index (χ0n) is 12.8. The Bertz CT molecular complexity index is 111. The standard InChI is InChI=1S/C5H5.3C4H9.Zr/c1-2-4-5-3-1;3*1-3-4-2;/h1-5H;3*1,3-4H2,2H3;/q;3*-1;+3. The third kappa shape index (κ3) is 55.2. The zero-order valence-corrected chi connectivity index (χ0v) is 15.2. The molecule has 0 bridgehead atoms. The van der Waals surface area contributed by atoms with Crippen LogP contribution in [0.15, 0.2) is 24.3 Å². The van der Waals surface area contributed by atoms with Crippen LogP contribution in [0.5, 0.6) is 0 Å². The van der Waals surface area contributed by atoms with Gasteiger partial charge in [0.2, 0.25) is 0 Å². The fraction of sp³-hybridized carbons (Fsp3) is 0.529. The number of rotatable bonds is 3. The van der Waals surface area contributed by atoms with Gasteiger partial charge in [-0.25, -0.2) is 0 Å². The van der Waals surface area contributed by atoms with Crippen LogP contribution in [0.4, 0.5) is 0 Å². The van der Waals surface area contributed by atoms with E-state index in [1.54, 1.807) is 0 Å². The predicted molar refractivity (Wildman–Crippen MR) is 83.4 cm³/mol. The largest absolute Gasteiger partial charge is 3.00 e. The van der Waals surface area contributed by atoms with Crippen molar-refractivity contribution >= 4 is 0 Å². The fourth-order valence-electron chi connectivity index (χ4n) is 0.321. The SMILES string of the molecule is [CH2-]CCC.[CH2-]CCC.[CH2-]CCC.[CH]1C=CC=C1.[Zr+3]. The smallest absolute Gasteiger partial charge is 0.343 e. The van der Waals surface area contributed by atoms with Crippen LogP contribution in [0.2, 0.25) is 0 Å².